The third-order valence-corrected chi connectivity index (χ3v) is 6.60. The number of carbonyl (C=O) groups is 1. The molecule has 8 heteroatoms. The maximum atomic E-state index is 13.3. The molecule has 3 aromatic rings. The van der Waals surface area contributed by atoms with Gasteiger partial charge in [-0.2, -0.15) is 0 Å². The first-order valence-corrected chi connectivity index (χ1v) is 10.6. The molecule has 156 valence electrons. The first kappa shape index (κ1) is 19.2. The van der Waals surface area contributed by atoms with Gasteiger partial charge in [-0.1, -0.05) is 18.5 Å². The maximum Gasteiger partial charge on any atom is 0.264 e. The molecule has 1 amide bonds. The number of likely N-dealkylation sites (N-methyl/N-ethyl adjacent to an activating group) is 1. The second-order valence-corrected chi connectivity index (χ2v) is 8.66. The lowest BCUT2D eigenvalue weighted by molar-refractivity contribution is -0.139. The molecule has 4 heterocycles. The van der Waals surface area contributed by atoms with E-state index in [0.717, 1.165) is 41.1 Å². The predicted octanol–water partition coefficient (Wildman–Crippen LogP) is 3.29. The number of anilines is 1. The van der Waals surface area contributed by atoms with Crippen LogP contribution in [0.4, 0.5) is 5.82 Å². The number of fused-ring (bicyclic) bond motifs is 2. The number of nitrogens with zero attached hydrogens (tertiary/aromatic N) is 4. The van der Waals surface area contributed by atoms with Crippen LogP contribution in [0.25, 0.3) is 11.0 Å². The van der Waals surface area contributed by atoms with Gasteiger partial charge in [0.05, 0.1) is 11.4 Å². The van der Waals surface area contributed by atoms with Crippen LogP contribution in [0.15, 0.2) is 36.8 Å². The van der Waals surface area contributed by atoms with Crippen molar-refractivity contribution in [3.05, 3.63) is 47.4 Å². The molecule has 7 nitrogen and oxygen atoms in total. The minimum atomic E-state index is -0.478. The predicted molar refractivity (Wildman–Crippen MR) is 116 cm³/mol. The first-order chi connectivity index (χ1) is 14.5. The lowest BCUT2D eigenvalue weighted by Crippen LogP contribution is -2.55. The van der Waals surface area contributed by atoms with E-state index in [-0.39, 0.29) is 11.9 Å². The van der Waals surface area contributed by atoms with E-state index in [4.69, 9.17) is 16.3 Å². The number of piperidine rings is 1. The topological polar surface area (TPSA) is 74.3 Å². The number of ether oxygens (including phenoxy) is 1. The van der Waals surface area contributed by atoms with Gasteiger partial charge in [0.1, 0.15) is 23.5 Å². The van der Waals surface area contributed by atoms with E-state index in [1.807, 2.05) is 36.3 Å². The highest BCUT2D eigenvalue weighted by atomic mass is 35.5. The van der Waals surface area contributed by atoms with Crippen molar-refractivity contribution in [2.45, 2.75) is 31.9 Å². The molecular weight excluding hydrogens is 402 g/mol. The second kappa shape index (κ2) is 7.47. The lowest BCUT2D eigenvalue weighted by Gasteiger charge is -2.42. The fraction of sp³-hybridized carbons (Fsp3) is 0.409. The number of halogens is 1. The zero-order valence-corrected chi connectivity index (χ0v) is 17.8. The molecule has 0 bridgehead atoms. The largest absolute Gasteiger partial charge is 0.480 e. The minimum Gasteiger partial charge on any atom is -0.480 e. The Labute approximate surface area is 180 Å². The van der Waals surface area contributed by atoms with Gasteiger partial charge in [-0.25, -0.2) is 9.97 Å². The summed E-state index contributed by atoms with van der Waals surface area (Å²) in [5.41, 5.74) is 1.81. The number of rotatable bonds is 3. The molecule has 0 saturated carbocycles. The second-order valence-electron chi connectivity index (χ2n) is 8.23. The molecule has 0 radical (unpaired) electrons. The summed E-state index contributed by atoms with van der Waals surface area (Å²) in [5, 5.41) is 1.65. The molecule has 2 aromatic heterocycles. The van der Waals surface area contributed by atoms with E-state index in [1.165, 1.54) is 0 Å². The SMILES string of the molecule is CC1CCN(C(=O)C2Cc3cc(Cl)ccc3O2)CC1N(C)c1ncnc2[nH]ccc12. The standard InChI is InChI=1S/C22H24ClN5O2/c1-13-6-8-28(22(29)19-10-14-9-15(23)3-4-18(14)30-19)11-17(13)27(2)21-16-5-7-24-20(16)25-12-26-21/h3-5,7,9,12-13,17,19H,6,8,10-11H2,1-2H3,(H,24,25,26). The molecule has 2 aliphatic heterocycles. The third-order valence-electron chi connectivity index (χ3n) is 6.37. The van der Waals surface area contributed by atoms with Crippen molar-refractivity contribution < 1.29 is 9.53 Å². The summed E-state index contributed by atoms with van der Waals surface area (Å²) in [6.07, 6.45) is 4.48. The number of carbonyl (C=O) groups excluding carboxylic acids is 1. The molecule has 5 rings (SSSR count). The molecule has 1 fully saturated rings. The Morgan fingerprint density at radius 1 is 1.33 bits per heavy atom. The van der Waals surface area contributed by atoms with Crippen LogP contribution in [-0.2, 0) is 11.2 Å². The summed E-state index contributed by atoms with van der Waals surface area (Å²) in [6, 6.07) is 7.68. The van der Waals surface area contributed by atoms with Gasteiger partial charge in [-0.15, -0.1) is 0 Å². The maximum absolute atomic E-state index is 13.3. The van der Waals surface area contributed by atoms with Gasteiger partial charge in [-0.05, 0) is 42.2 Å². The van der Waals surface area contributed by atoms with E-state index >= 15 is 0 Å². The smallest absolute Gasteiger partial charge is 0.264 e. The van der Waals surface area contributed by atoms with Gasteiger partial charge in [0.25, 0.3) is 5.91 Å². The van der Waals surface area contributed by atoms with E-state index in [1.54, 1.807) is 12.4 Å². The summed E-state index contributed by atoms with van der Waals surface area (Å²) < 4.78 is 5.94. The highest BCUT2D eigenvalue weighted by molar-refractivity contribution is 6.30. The van der Waals surface area contributed by atoms with Gasteiger partial charge < -0.3 is 19.5 Å². The van der Waals surface area contributed by atoms with Gasteiger partial charge in [0.2, 0.25) is 0 Å². The Morgan fingerprint density at radius 2 is 2.20 bits per heavy atom. The normalized spacial score (nSPS) is 23.3. The van der Waals surface area contributed by atoms with Crippen LogP contribution in [0.5, 0.6) is 5.75 Å². The average Bonchev–Trinajstić information content (AvgIpc) is 3.39. The van der Waals surface area contributed by atoms with Crippen LogP contribution < -0.4 is 9.64 Å². The van der Waals surface area contributed by atoms with E-state index in [0.29, 0.717) is 23.9 Å². The van der Waals surface area contributed by atoms with E-state index < -0.39 is 6.10 Å². The summed E-state index contributed by atoms with van der Waals surface area (Å²) in [5.74, 6) is 2.12. The fourth-order valence-corrected chi connectivity index (χ4v) is 4.80. The number of likely N-dealkylation sites (tertiary alicyclic amines) is 1. The molecule has 0 spiro atoms. The molecule has 0 aliphatic carbocycles. The molecule has 3 atom stereocenters. The summed E-state index contributed by atoms with van der Waals surface area (Å²) in [6.45, 7) is 3.62. The van der Waals surface area contributed by atoms with E-state index in [9.17, 15) is 4.79 Å². The van der Waals surface area contributed by atoms with Crippen molar-refractivity contribution in [2.75, 3.05) is 25.0 Å². The highest BCUT2D eigenvalue weighted by Crippen LogP contribution is 2.33. The van der Waals surface area contributed by atoms with Crippen molar-refractivity contribution in [2.24, 2.45) is 5.92 Å². The molecule has 2 aliphatic rings. The molecule has 1 N–H and O–H groups in total. The summed E-state index contributed by atoms with van der Waals surface area (Å²) >= 11 is 6.09. The van der Waals surface area contributed by atoms with Gasteiger partial charge in [-0.3, -0.25) is 4.79 Å². The minimum absolute atomic E-state index is 0.0436. The molecule has 1 saturated heterocycles. The number of aromatic nitrogens is 3. The van der Waals surface area contributed by atoms with Crippen LogP contribution >= 0.6 is 11.6 Å². The summed E-state index contributed by atoms with van der Waals surface area (Å²) in [4.78, 5) is 29.3. The first-order valence-electron chi connectivity index (χ1n) is 10.3. The lowest BCUT2D eigenvalue weighted by atomic mass is 9.91. The van der Waals surface area contributed by atoms with Crippen LogP contribution in [0.2, 0.25) is 5.02 Å². The molecular formula is C22H24ClN5O2. The van der Waals surface area contributed by atoms with E-state index in [2.05, 4.69) is 26.8 Å². The van der Waals surface area contributed by atoms with Crippen molar-refractivity contribution in [3.8, 4) is 5.75 Å². The number of nitrogens with one attached hydrogen (secondary N) is 1. The Kier molecular flexibility index (Phi) is 4.77. The Hall–Kier alpha value is -2.80. The van der Waals surface area contributed by atoms with Gasteiger partial charge >= 0.3 is 0 Å². The van der Waals surface area contributed by atoms with Gasteiger partial charge in [0.15, 0.2) is 6.10 Å². The highest BCUT2D eigenvalue weighted by Gasteiger charge is 2.38. The third kappa shape index (κ3) is 3.27. The van der Waals surface area contributed by atoms with Crippen LogP contribution in [0.1, 0.15) is 18.9 Å². The quantitative estimate of drug-likeness (QED) is 0.697. The zero-order valence-electron chi connectivity index (χ0n) is 17.0. The van der Waals surface area contributed by atoms with Crippen molar-refractivity contribution >= 4 is 34.4 Å². The molecule has 30 heavy (non-hydrogen) atoms. The number of hydrogen-bond acceptors (Lipinski definition) is 5. The number of benzene rings is 1. The van der Waals surface area contributed by atoms with Gasteiger partial charge in [0, 0.05) is 37.8 Å². The van der Waals surface area contributed by atoms with Crippen molar-refractivity contribution in [1.82, 2.24) is 19.9 Å². The molecule has 3 unspecified atom stereocenters. The fourth-order valence-electron chi connectivity index (χ4n) is 4.61. The van der Waals surface area contributed by atoms with Crippen LogP contribution in [0.3, 0.4) is 0 Å². The monoisotopic (exact) mass is 425 g/mol. The Morgan fingerprint density at radius 3 is 3.07 bits per heavy atom. The Bertz CT molecular complexity index is 1100. The number of hydrogen-bond donors (Lipinski definition) is 1. The number of H-pyrrole nitrogens is 1. The van der Waals surface area contributed by atoms with Crippen molar-refractivity contribution in [3.63, 3.8) is 0 Å². The zero-order chi connectivity index (χ0) is 20.8. The molecule has 1 aromatic carbocycles. The van der Waals surface area contributed by atoms with Crippen LogP contribution in [-0.4, -0.2) is 58.0 Å². The number of amides is 1. The van der Waals surface area contributed by atoms with Crippen LogP contribution in [0, 0.1) is 5.92 Å². The van der Waals surface area contributed by atoms with Crippen molar-refractivity contribution in [1.29, 1.82) is 0 Å². The summed E-state index contributed by atoms with van der Waals surface area (Å²) in [7, 11) is 2.05. The Balaban J connectivity index is 1.34. The average molecular weight is 426 g/mol. The number of aromatic amines is 1.